The Morgan fingerprint density at radius 1 is 0.879 bits per heavy atom. The molecule has 3 nitrogen and oxygen atoms in total. The molecule has 0 aliphatic carbocycles. The third-order valence-electron chi connectivity index (χ3n) is 5.46. The van der Waals surface area contributed by atoms with Gasteiger partial charge in [0.25, 0.3) is 10.0 Å². The van der Waals surface area contributed by atoms with E-state index in [2.05, 4.69) is 29.2 Å². The molecule has 0 saturated heterocycles. The van der Waals surface area contributed by atoms with Gasteiger partial charge in [-0.2, -0.15) is 12.8 Å². The lowest BCUT2D eigenvalue weighted by molar-refractivity contribution is 0.598. The smallest absolute Gasteiger partial charge is 0.199 e. The highest BCUT2D eigenvalue weighted by Gasteiger charge is 2.33. The minimum atomic E-state index is -3.86. The average molecular weight is 472 g/mol. The highest BCUT2D eigenvalue weighted by Crippen LogP contribution is 2.46. The van der Waals surface area contributed by atoms with Crippen LogP contribution in [0, 0.1) is 6.92 Å². The number of allylic oxidation sites excluding steroid dienone is 1. The van der Waals surface area contributed by atoms with Crippen LogP contribution in [-0.2, 0) is 14.8 Å². The summed E-state index contributed by atoms with van der Waals surface area (Å²) in [6.07, 6.45) is 3.92. The van der Waals surface area contributed by atoms with E-state index in [0.29, 0.717) is 6.42 Å². The highest BCUT2D eigenvalue weighted by atomic mass is 32.2. The molecule has 5 heteroatoms. The van der Waals surface area contributed by atoms with Crippen LogP contribution in [0.4, 0.5) is 0 Å². The molecule has 166 valence electrons. The molecule has 0 heterocycles. The van der Waals surface area contributed by atoms with Crippen molar-refractivity contribution in [1.29, 1.82) is 0 Å². The van der Waals surface area contributed by atoms with Crippen LogP contribution in [0.1, 0.15) is 17.5 Å². The van der Waals surface area contributed by atoms with Crippen LogP contribution in [-0.4, -0.2) is 14.6 Å². The van der Waals surface area contributed by atoms with Gasteiger partial charge in [-0.3, -0.25) is 0 Å². The molecule has 1 unspecified atom stereocenters. The molecule has 4 aromatic rings. The van der Waals surface area contributed by atoms with Crippen LogP contribution >= 0.6 is 11.8 Å². The van der Waals surface area contributed by atoms with Crippen molar-refractivity contribution in [1.82, 2.24) is 0 Å². The lowest BCUT2D eigenvalue weighted by atomic mass is 9.91. The summed E-state index contributed by atoms with van der Waals surface area (Å²) in [6, 6.07) is 31.0. The lowest BCUT2D eigenvalue weighted by Gasteiger charge is -2.30. The molecule has 0 aliphatic rings. The second-order valence-electron chi connectivity index (χ2n) is 7.85. The highest BCUT2D eigenvalue weighted by molar-refractivity contribution is 8.01. The quantitative estimate of drug-likeness (QED) is 0.155. The number of nitrogens with zero attached hydrogens (tertiary/aromatic N) is 1. The Morgan fingerprint density at radius 2 is 1.55 bits per heavy atom. The summed E-state index contributed by atoms with van der Waals surface area (Å²) in [5.74, 6) is 0. The molecule has 0 spiro atoms. The zero-order valence-corrected chi connectivity index (χ0v) is 20.0. The van der Waals surface area contributed by atoms with Crippen molar-refractivity contribution in [3.8, 4) is 0 Å². The first kappa shape index (κ1) is 23.0. The third-order valence-corrected chi connectivity index (χ3v) is 8.07. The van der Waals surface area contributed by atoms with E-state index in [1.165, 1.54) is 0 Å². The molecule has 1 atom stereocenters. The first-order valence-corrected chi connectivity index (χ1v) is 12.9. The normalized spacial score (nSPS) is 13.7. The van der Waals surface area contributed by atoms with Crippen molar-refractivity contribution in [3.63, 3.8) is 0 Å². The summed E-state index contributed by atoms with van der Waals surface area (Å²) < 4.78 is 29.7. The van der Waals surface area contributed by atoms with Crippen molar-refractivity contribution in [2.75, 3.05) is 0 Å². The van der Waals surface area contributed by atoms with Gasteiger partial charge in [0.15, 0.2) is 0 Å². The molecule has 0 saturated carbocycles. The van der Waals surface area contributed by atoms with Gasteiger partial charge in [0, 0.05) is 11.1 Å². The monoisotopic (exact) mass is 471 g/mol. The number of aryl methyl sites for hydroxylation is 1. The Kier molecular flexibility index (Phi) is 6.82. The van der Waals surface area contributed by atoms with Crippen LogP contribution in [0.3, 0.4) is 0 Å². The molecule has 0 aromatic heterocycles. The first-order valence-electron chi connectivity index (χ1n) is 10.6. The van der Waals surface area contributed by atoms with Gasteiger partial charge in [0.05, 0.1) is 9.64 Å². The van der Waals surface area contributed by atoms with E-state index in [0.717, 1.165) is 26.8 Å². The summed E-state index contributed by atoms with van der Waals surface area (Å²) in [4.78, 5) is 1.20. The Balaban J connectivity index is 1.90. The summed E-state index contributed by atoms with van der Waals surface area (Å²) in [5, 5.41) is 2.15. The van der Waals surface area contributed by atoms with Gasteiger partial charge in [0.1, 0.15) is 0 Å². The molecule has 4 rings (SSSR count). The van der Waals surface area contributed by atoms with Gasteiger partial charge in [-0.25, -0.2) is 0 Å². The van der Waals surface area contributed by atoms with E-state index in [9.17, 15) is 8.42 Å². The lowest BCUT2D eigenvalue weighted by Crippen LogP contribution is -2.24. The van der Waals surface area contributed by atoms with Gasteiger partial charge in [-0.15, -0.1) is 18.3 Å². The molecule has 4 aromatic carbocycles. The van der Waals surface area contributed by atoms with Crippen LogP contribution < -0.4 is 0 Å². The Hall–Kier alpha value is -3.15. The van der Waals surface area contributed by atoms with E-state index in [4.69, 9.17) is 0 Å². The number of sulfonamides is 1. The SMILES string of the molecule is C=CCC(/C=N/S(=O)(=O)c1ccc(C)cc1)(Sc1ccccc1)c1cccc2ccccc12. The molecular weight excluding hydrogens is 446 g/mol. The minimum absolute atomic E-state index is 0.180. The Bertz CT molecular complexity index is 1390. The van der Waals surface area contributed by atoms with Gasteiger partial charge in [-0.1, -0.05) is 84.4 Å². The van der Waals surface area contributed by atoms with E-state index in [1.54, 1.807) is 42.2 Å². The number of thioether (sulfide) groups is 1. The maximum absolute atomic E-state index is 13.1. The molecule has 33 heavy (non-hydrogen) atoms. The van der Waals surface area contributed by atoms with E-state index in [-0.39, 0.29) is 4.90 Å². The first-order chi connectivity index (χ1) is 15.9. The fourth-order valence-electron chi connectivity index (χ4n) is 3.79. The topological polar surface area (TPSA) is 46.5 Å². The Morgan fingerprint density at radius 3 is 2.27 bits per heavy atom. The van der Waals surface area contributed by atoms with Crippen LogP contribution in [0.25, 0.3) is 10.8 Å². The molecule has 0 aliphatic heterocycles. The molecule has 0 amide bonds. The maximum atomic E-state index is 13.1. The Labute approximate surface area is 200 Å². The zero-order valence-electron chi connectivity index (χ0n) is 18.4. The second-order valence-corrected chi connectivity index (χ2v) is 10.9. The van der Waals surface area contributed by atoms with Crippen molar-refractivity contribution < 1.29 is 8.42 Å². The minimum Gasteiger partial charge on any atom is -0.199 e. The van der Waals surface area contributed by atoms with Crippen LogP contribution in [0.15, 0.2) is 124 Å². The number of hydrogen-bond donors (Lipinski definition) is 0. The number of benzene rings is 4. The summed E-state index contributed by atoms with van der Waals surface area (Å²) in [5.41, 5.74) is 1.99. The van der Waals surface area contributed by atoms with Gasteiger partial charge in [-0.05, 0) is 53.9 Å². The molecule has 0 N–H and O–H groups in total. The molecule has 0 radical (unpaired) electrons. The van der Waals surface area contributed by atoms with Crippen molar-refractivity contribution >= 4 is 38.8 Å². The van der Waals surface area contributed by atoms with Crippen LogP contribution in [0.2, 0.25) is 0 Å². The van der Waals surface area contributed by atoms with E-state index in [1.807, 2.05) is 67.6 Å². The van der Waals surface area contributed by atoms with Crippen LogP contribution in [0.5, 0.6) is 0 Å². The third kappa shape index (κ3) is 5.10. The van der Waals surface area contributed by atoms with Crippen molar-refractivity contribution in [2.24, 2.45) is 4.40 Å². The predicted octanol–water partition coefficient (Wildman–Crippen LogP) is 7.17. The summed E-state index contributed by atoms with van der Waals surface area (Å²) in [7, 11) is -3.86. The maximum Gasteiger partial charge on any atom is 0.282 e. The predicted molar refractivity (Wildman–Crippen MR) is 140 cm³/mol. The van der Waals surface area contributed by atoms with Crippen molar-refractivity contribution in [2.45, 2.75) is 27.9 Å². The zero-order chi connectivity index (χ0) is 23.3. The summed E-state index contributed by atoms with van der Waals surface area (Å²) in [6.45, 7) is 5.90. The molecule has 0 fully saturated rings. The molecule has 0 bridgehead atoms. The van der Waals surface area contributed by atoms with E-state index < -0.39 is 14.8 Å². The van der Waals surface area contributed by atoms with Crippen molar-refractivity contribution in [3.05, 3.63) is 121 Å². The standard InChI is InChI=1S/C28H25NO2S2/c1-3-20-28(32-24-12-5-4-6-13-24,27-15-9-11-23-10-7-8-14-26(23)27)21-29-33(30,31)25-18-16-22(2)17-19-25/h3-19,21H,1,20H2,2H3/b29-21+. The number of hydrogen-bond acceptors (Lipinski definition) is 3. The van der Waals surface area contributed by atoms with E-state index >= 15 is 0 Å². The fourth-order valence-corrected chi connectivity index (χ4v) is 6.08. The van der Waals surface area contributed by atoms with Gasteiger partial charge in [0.2, 0.25) is 0 Å². The average Bonchev–Trinajstić information content (AvgIpc) is 2.83. The second kappa shape index (κ2) is 9.77. The number of rotatable bonds is 8. The fraction of sp³-hybridized carbons (Fsp3) is 0.107. The largest absolute Gasteiger partial charge is 0.282 e. The van der Waals surface area contributed by atoms with Gasteiger partial charge >= 0.3 is 0 Å². The molecular formula is C28H25NO2S2. The summed E-state index contributed by atoms with van der Waals surface area (Å²) >= 11 is 1.58. The number of fused-ring (bicyclic) bond motifs is 1. The van der Waals surface area contributed by atoms with Gasteiger partial charge < -0.3 is 0 Å².